The number of nitrogens with zero attached hydrogens (tertiary/aromatic N) is 2. The fourth-order valence-electron chi connectivity index (χ4n) is 4.14. The summed E-state index contributed by atoms with van der Waals surface area (Å²) >= 11 is 0. The van der Waals surface area contributed by atoms with E-state index in [4.69, 9.17) is 17.8 Å². The first kappa shape index (κ1) is 7.71. The van der Waals surface area contributed by atoms with Crippen molar-refractivity contribution in [3.05, 3.63) is 94.1 Å². The molecule has 28 heavy (non-hydrogen) atoms. The maximum Gasteiger partial charge on any atom is 0.295 e. The van der Waals surface area contributed by atoms with Crippen molar-refractivity contribution < 1.29 is 22.2 Å². The van der Waals surface area contributed by atoms with Gasteiger partial charge in [-0.15, -0.1) is 0 Å². The van der Waals surface area contributed by atoms with Crippen LogP contribution in [0.3, 0.4) is 0 Å². The molecule has 0 atom stereocenters. The Hall–Kier alpha value is -3.13. The quantitative estimate of drug-likeness (QED) is 0.282. The highest BCUT2D eigenvalue weighted by Gasteiger charge is 2.30. The predicted octanol–water partition coefficient (Wildman–Crippen LogP) is 5.41. The summed E-state index contributed by atoms with van der Waals surface area (Å²) in [5.41, 5.74) is 1.03. The summed E-state index contributed by atoms with van der Waals surface area (Å²) in [6.07, 6.45) is -0.360. The minimum atomic E-state index is -2.80. The van der Waals surface area contributed by atoms with Gasteiger partial charge in [0.2, 0.25) is 0 Å². The van der Waals surface area contributed by atoms with Crippen LogP contribution in [-0.2, 0) is 13.0 Å². The molecule has 3 heterocycles. The summed E-state index contributed by atoms with van der Waals surface area (Å²) < 4.78 is 113. The first-order valence-corrected chi connectivity index (χ1v) is 8.99. The third kappa shape index (κ3) is 2.00. The van der Waals surface area contributed by atoms with Gasteiger partial charge in [-0.25, -0.2) is 4.57 Å². The van der Waals surface area contributed by atoms with Crippen LogP contribution >= 0.6 is 0 Å². The lowest BCUT2D eigenvalue weighted by molar-refractivity contribution is -0.488. The Labute approximate surface area is 182 Å². The maximum absolute atomic E-state index is 9.15. The molecule has 0 saturated heterocycles. The van der Waals surface area contributed by atoms with Gasteiger partial charge in [0.25, 0.3) is 5.65 Å². The molecule has 0 bridgehead atoms. The van der Waals surface area contributed by atoms with Gasteiger partial charge < -0.3 is 0 Å². The lowest BCUT2D eigenvalue weighted by atomic mass is 9.98. The van der Waals surface area contributed by atoms with Gasteiger partial charge in [0.1, 0.15) is 19.6 Å². The SMILES string of the molecule is [2H]c1c([2H])c(C)c(Cc2c([2H])n3c4c5c(c([2H])c([2H])c([2H])c5c5c([2H])c(C)c([2H])c([2H])c5[n+]24)C3)c(C([2H])([2H])[2H])c1[2H]. The monoisotopic (exact) mass is 376 g/mol. The van der Waals surface area contributed by atoms with Gasteiger partial charge >= 0.3 is 0 Å². The number of pyridine rings is 1. The zero-order valence-corrected chi connectivity index (χ0v) is 15.3. The number of hydrogen-bond acceptors (Lipinski definition) is 0. The number of imidazole rings is 1. The van der Waals surface area contributed by atoms with Crippen molar-refractivity contribution >= 4 is 27.3 Å². The maximum atomic E-state index is 9.15. The third-order valence-corrected chi connectivity index (χ3v) is 5.42. The van der Waals surface area contributed by atoms with Crippen molar-refractivity contribution in [2.45, 2.75) is 33.7 Å². The van der Waals surface area contributed by atoms with Crippen LogP contribution < -0.4 is 4.40 Å². The highest BCUT2D eigenvalue weighted by atomic mass is 15.1. The number of aromatic nitrogens is 2. The molecule has 5 aromatic rings. The lowest BCUT2D eigenvalue weighted by Gasteiger charge is -2.09. The first-order chi connectivity index (χ1) is 19.0. The van der Waals surface area contributed by atoms with Crippen LogP contribution in [0.1, 0.15) is 51.3 Å². The van der Waals surface area contributed by atoms with Crippen LogP contribution in [0.25, 0.3) is 27.3 Å². The summed E-state index contributed by atoms with van der Waals surface area (Å²) in [5, 5.41) is 0.720. The Kier molecular flexibility index (Phi) is 1.50. The van der Waals surface area contributed by atoms with Gasteiger partial charge in [-0.1, -0.05) is 47.9 Å². The molecular formula is C26H23N2+. The van der Waals surface area contributed by atoms with Gasteiger partial charge in [0.15, 0.2) is 5.69 Å². The van der Waals surface area contributed by atoms with E-state index >= 15 is 0 Å². The van der Waals surface area contributed by atoms with Crippen molar-refractivity contribution in [3.8, 4) is 0 Å². The summed E-state index contributed by atoms with van der Waals surface area (Å²) in [5.74, 6) is 0. The molecule has 0 amide bonds. The molecule has 2 nitrogen and oxygen atoms in total. The smallest absolute Gasteiger partial charge is 0.225 e. The first-order valence-electron chi connectivity index (χ1n) is 15.5. The van der Waals surface area contributed by atoms with E-state index in [1.807, 2.05) is 0 Å². The average molecular weight is 377 g/mol. The number of rotatable bonds is 2. The summed E-state index contributed by atoms with van der Waals surface area (Å²) in [4.78, 5) is 0. The second-order valence-electron chi connectivity index (χ2n) is 7.16. The Morgan fingerprint density at radius 1 is 1.04 bits per heavy atom. The van der Waals surface area contributed by atoms with E-state index in [-0.39, 0.29) is 100 Å². The van der Waals surface area contributed by atoms with Gasteiger partial charge in [-0.3, -0.25) is 0 Å². The molecule has 136 valence electrons. The van der Waals surface area contributed by atoms with E-state index in [1.54, 1.807) is 4.57 Å². The molecule has 3 aromatic carbocycles. The molecule has 0 fully saturated rings. The van der Waals surface area contributed by atoms with Crippen molar-refractivity contribution in [2.75, 3.05) is 0 Å². The minimum Gasteiger partial charge on any atom is -0.225 e. The Bertz CT molecular complexity index is 2060. The molecule has 0 unspecified atom stereocenters. The van der Waals surface area contributed by atoms with Gasteiger partial charge in [-0.05, 0) is 49.5 Å². The zero-order chi connectivity index (χ0) is 30.2. The van der Waals surface area contributed by atoms with Crippen LogP contribution in [0.4, 0.5) is 0 Å². The Balaban J connectivity index is 1.88. The van der Waals surface area contributed by atoms with E-state index in [2.05, 4.69) is 0 Å². The van der Waals surface area contributed by atoms with Crippen molar-refractivity contribution in [3.63, 3.8) is 0 Å². The molecule has 0 N–H and O–H groups in total. The largest absolute Gasteiger partial charge is 0.295 e. The van der Waals surface area contributed by atoms with Crippen LogP contribution in [-0.4, -0.2) is 4.57 Å². The number of fused-ring (bicyclic) bond motifs is 3. The average Bonchev–Trinajstić information content (AvgIpc) is 3.43. The van der Waals surface area contributed by atoms with Crippen LogP contribution in [0.2, 0.25) is 0 Å². The van der Waals surface area contributed by atoms with E-state index < -0.39 is 24.5 Å². The number of benzene rings is 3. The molecule has 2 heteroatoms. The topological polar surface area (TPSA) is 9.03 Å². The zero-order valence-electron chi connectivity index (χ0n) is 28.3. The van der Waals surface area contributed by atoms with Crippen molar-refractivity contribution in [1.29, 1.82) is 0 Å². The second kappa shape index (κ2) is 5.45. The summed E-state index contributed by atoms with van der Waals surface area (Å²) in [6, 6.07) is -2.85. The van der Waals surface area contributed by atoms with E-state index in [0.717, 1.165) is 0 Å². The normalized spacial score (nSPS) is 19.9. The van der Waals surface area contributed by atoms with E-state index in [9.17, 15) is 0 Å². The van der Waals surface area contributed by atoms with Crippen molar-refractivity contribution in [2.24, 2.45) is 0 Å². The highest BCUT2D eigenvalue weighted by Crippen LogP contribution is 2.35. The minimum absolute atomic E-state index is 0.00696. The molecular weight excluding hydrogens is 340 g/mol. The molecule has 0 radical (unpaired) electrons. The van der Waals surface area contributed by atoms with E-state index in [1.165, 1.54) is 18.2 Å². The van der Waals surface area contributed by atoms with Gasteiger partial charge in [-0.2, -0.15) is 4.40 Å². The predicted molar refractivity (Wildman–Crippen MR) is 115 cm³/mol. The second-order valence-corrected chi connectivity index (χ2v) is 7.16. The number of hydrogen-bond donors (Lipinski definition) is 0. The van der Waals surface area contributed by atoms with Crippen LogP contribution in [0.5, 0.6) is 0 Å². The third-order valence-electron chi connectivity index (χ3n) is 5.42. The summed E-state index contributed by atoms with van der Waals surface area (Å²) in [7, 11) is 0. The molecule has 0 saturated carbocycles. The van der Waals surface area contributed by atoms with Gasteiger partial charge in [0, 0.05) is 26.9 Å². The Morgan fingerprint density at radius 3 is 2.79 bits per heavy atom. The lowest BCUT2D eigenvalue weighted by Crippen LogP contribution is -2.26. The standard InChI is InChI=1S/C26H23N2/c1-16-10-11-24-23(12-16)21-9-5-8-19-14-27-15-20(28(24)26(27)25(19)21)13-22-17(2)6-4-7-18(22)3/h4-12,15H,13-14H2,1-3H3/q+1/i2D3,4D,5D,6D,7D,8D,9D,10D,11D,12D,15D. The highest BCUT2D eigenvalue weighted by molar-refractivity contribution is 6.11. The molecule has 1 aliphatic heterocycles. The van der Waals surface area contributed by atoms with Gasteiger partial charge in [0.05, 0.1) is 17.7 Å². The molecule has 0 aliphatic carbocycles. The summed E-state index contributed by atoms with van der Waals surface area (Å²) in [6.45, 7) is 0.228. The molecule has 0 spiro atoms. The fraction of sp³-hybridized carbons (Fsp3) is 0.192. The van der Waals surface area contributed by atoms with E-state index in [0.29, 0.717) is 16.6 Å². The molecule has 2 aromatic heterocycles. The molecule has 6 rings (SSSR count). The molecule has 1 aliphatic rings. The van der Waals surface area contributed by atoms with Crippen LogP contribution in [0, 0.1) is 20.7 Å². The van der Waals surface area contributed by atoms with Crippen LogP contribution in [0.15, 0.2) is 60.6 Å². The Morgan fingerprint density at radius 2 is 1.89 bits per heavy atom. The van der Waals surface area contributed by atoms with Crippen molar-refractivity contribution in [1.82, 2.24) is 4.57 Å². The fourth-order valence-corrected chi connectivity index (χ4v) is 4.14.